The van der Waals surface area contributed by atoms with Crippen LogP contribution in [-0.2, 0) is 5.41 Å². The lowest BCUT2D eigenvalue weighted by Crippen LogP contribution is -2.27. The van der Waals surface area contributed by atoms with Gasteiger partial charge in [0.1, 0.15) is 6.33 Å². The maximum atomic E-state index is 11.9. The molecule has 1 aromatic heterocycles. The third kappa shape index (κ3) is 2.64. The number of nitrogens with zero attached hydrogens (tertiary/aromatic N) is 3. The van der Waals surface area contributed by atoms with Crippen molar-refractivity contribution < 1.29 is 4.79 Å². The van der Waals surface area contributed by atoms with Crippen LogP contribution in [-0.4, -0.2) is 20.7 Å². The summed E-state index contributed by atoms with van der Waals surface area (Å²) < 4.78 is 1.33. The van der Waals surface area contributed by atoms with Gasteiger partial charge in [-0.1, -0.05) is 41.5 Å². The maximum Gasteiger partial charge on any atom is 0.253 e. The molecule has 0 saturated carbocycles. The van der Waals surface area contributed by atoms with Crippen molar-refractivity contribution in [2.75, 3.05) is 0 Å². The molecule has 0 fully saturated rings. The summed E-state index contributed by atoms with van der Waals surface area (Å²) in [6.07, 6.45) is 1.49. The molecule has 0 radical (unpaired) electrons. The van der Waals surface area contributed by atoms with Gasteiger partial charge in [0, 0.05) is 10.8 Å². The van der Waals surface area contributed by atoms with Gasteiger partial charge in [-0.15, -0.1) is 5.10 Å². The Morgan fingerprint density at radius 1 is 1.20 bits per heavy atom. The monoisotopic (exact) mass is 209 g/mol. The lowest BCUT2D eigenvalue weighted by atomic mass is 9.96. The highest BCUT2D eigenvalue weighted by molar-refractivity contribution is 5.82. The first-order chi connectivity index (χ1) is 6.62. The fourth-order valence-corrected chi connectivity index (χ4v) is 1.05. The van der Waals surface area contributed by atoms with E-state index in [1.165, 1.54) is 11.0 Å². The van der Waals surface area contributed by atoms with E-state index in [1.54, 1.807) is 0 Å². The maximum absolute atomic E-state index is 11.9. The van der Waals surface area contributed by atoms with Gasteiger partial charge in [0.25, 0.3) is 5.91 Å². The first-order valence-corrected chi connectivity index (χ1v) is 5.09. The van der Waals surface area contributed by atoms with Crippen LogP contribution in [0.4, 0.5) is 0 Å². The summed E-state index contributed by atoms with van der Waals surface area (Å²) in [5, 5.41) is 4.20. The van der Waals surface area contributed by atoms with E-state index in [9.17, 15) is 4.79 Å². The smallest absolute Gasteiger partial charge is 0.253 e. The zero-order valence-corrected chi connectivity index (χ0v) is 10.3. The van der Waals surface area contributed by atoms with Gasteiger partial charge in [-0.05, 0) is 0 Å². The SMILES string of the molecule is CC(C)(C)C(=O)n1cnc(C(C)(C)C)n1. The molecule has 0 spiro atoms. The average Bonchev–Trinajstić information content (AvgIpc) is 2.47. The lowest BCUT2D eigenvalue weighted by molar-refractivity contribution is 0.0747. The Bertz CT molecular complexity index is 366. The Hall–Kier alpha value is -1.19. The number of carbonyl (C=O) groups is 1. The Morgan fingerprint density at radius 3 is 2.07 bits per heavy atom. The van der Waals surface area contributed by atoms with E-state index in [0.29, 0.717) is 5.82 Å². The number of aromatic nitrogens is 3. The molecular formula is C11H19N3O. The van der Waals surface area contributed by atoms with E-state index in [4.69, 9.17) is 0 Å². The topological polar surface area (TPSA) is 47.8 Å². The molecule has 0 N–H and O–H groups in total. The second-order valence-corrected chi connectivity index (χ2v) is 5.82. The molecule has 0 saturated heterocycles. The molecule has 0 aliphatic carbocycles. The van der Waals surface area contributed by atoms with Crippen LogP contribution in [0.15, 0.2) is 6.33 Å². The summed E-state index contributed by atoms with van der Waals surface area (Å²) in [6.45, 7) is 11.7. The molecular weight excluding hydrogens is 190 g/mol. The quantitative estimate of drug-likeness (QED) is 0.658. The number of rotatable bonds is 0. The fourth-order valence-electron chi connectivity index (χ4n) is 1.05. The highest BCUT2D eigenvalue weighted by atomic mass is 16.2. The van der Waals surface area contributed by atoms with Crippen LogP contribution in [0.2, 0.25) is 0 Å². The highest BCUT2D eigenvalue weighted by Gasteiger charge is 2.26. The number of carbonyl (C=O) groups excluding carboxylic acids is 1. The average molecular weight is 209 g/mol. The molecule has 0 bridgehead atoms. The van der Waals surface area contributed by atoms with Crippen LogP contribution in [0, 0.1) is 5.41 Å². The van der Waals surface area contributed by atoms with Crippen LogP contribution >= 0.6 is 0 Å². The molecule has 0 unspecified atom stereocenters. The zero-order chi connectivity index (χ0) is 11.9. The first-order valence-electron chi connectivity index (χ1n) is 5.09. The van der Waals surface area contributed by atoms with Crippen molar-refractivity contribution in [3.8, 4) is 0 Å². The van der Waals surface area contributed by atoms with Crippen molar-refractivity contribution >= 4 is 5.91 Å². The molecule has 4 heteroatoms. The van der Waals surface area contributed by atoms with Crippen LogP contribution in [0.5, 0.6) is 0 Å². The van der Waals surface area contributed by atoms with Gasteiger partial charge in [-0.3, -0.25) is 4.79 Å². The van der Waals surface area contributed by atoms with E-state index >= 15 is 0 Å². The van der Waals surface area contributed by atoms with Gasteiger partial charge in [0.05, 0.1) is 0 Å². The van der Waals surface area contributed by atoms with Crippen molar-refractivity contribution in [3.05, 3.63) is 12.2 Å². The number of hydrogen-bond donors (Lipinski definition) is 0. The summed E-state index contributed by atoms with van der Waals surface area (Å²) in [7, 11) is 0. The Kier molecular flexibility index (Phi) is 2.72. The molecule has 84 valence electrons. The standard InChI is InChI=1S/C11H19N3O/c1-10(2,3)8-12-7-14(13-8)9(15)11(4,5)6/h7H,1-6H3. The van der Waals surface area contributed by atoms with Gasteiger partial charge in [-0.2, -0.15) is 4.68 Å². The summed E-state index contributed by atoms with van der Waals surface area (Å²) in [5.74, 6) is 0.658. The molecule has 1 aromatic rings. The van der Waals surface area contributed by atoms with E-state index in [1.807, 2.05) is 41.5 Å². The van der Waals surface area contributed by atoms with E-state index < -0.39 is 5.41 Å². The normalized spacial score (nSPS) is 12.9. The van der Waals surface area contributed by atoms with Crippen LogP contribution in [0.1, 0.15) is 52.2 Å². The van der Waals surface area contributed by atoms with Crippen molar-refractivity contribution in [1.29, 1.82) is 0 Å². The third-order valence-corrected chi connectivity index (χ3v) is 2.01. The minimum Gasteiger partial charge on any atom is -0.272 e. The van der Waals surface area contributed by atoms with Gasteiger partial charge < -0.3 is 0 Å². The molecule has 4 nitrogen and oxygen atoms in total. The van der Waals surface area contributed by atoms with Gasteiger partial charge in [-0.25, -0.2) is 4.98 Å². The molecule has 0 amide bonds. The van der Waals surface area contributed by atoms with Gasteiger partial charge in [0.2, 0.25) is 0 Å². The molecule has 1 rings (SSSR count). The second-order valence-electron chi connectivity index (χ2n) is 5.82. The lowest BCUT2D eigenvalue weighted by Gasteiger charge is -2.16. The van der Waals surface area contributed by atoms with Crippen LogP contribution in [0.25, 0.3) is 0 Å². The minimum absolute atomic E-state index is 0.0366. The summed E-state index contributed by atoms with van der Waals surface area (Å²) in [6, 6.07) is 0. The number of hydrogen-bond acceptors (Lipinski definition) is 3. The molecule has 0 aliphatic heterocycles. The highest BCUT2D eigenvalue weighted by Crippen LogP contribution is 2.19. The molecule has 0 aliphatic rings. The van der Waals surface area contributed by atoms with Crippen molar-refractivity contribution in [2.24, 2.45) is 5.41 Å². The Balaban J connectivity index is 3.01. The van der Waals surface area contributed by atoms with E-state index in [0.717, 1.165) is 0 Å². The van der Waals surface area contributed by atoms with Gasteiger partial charge in [0.15, 0.2) is 5.82 Å². The zero-order valence-electron chi connectivity index (χ0n) is 10.3. The molecule has 0 atom stereocenters. The molecule has 0 aromatic carbocycles. The van der Waals surface area contributed by atoms with Gasteiger partial charge >= 0.3 is 0 Å². The largest absolute Gasteiger partial charge is 0.272 e. The van der Waals surface area contributed by atoms with Crippen LogP contribution < -0.4 is 0 Å². The van der Waals surface area contributed by atoms with Crippen LogP contribution in [0.3, 0.4) is 0 Å². The van der Waals surface area contributed by atoms with E-state index in [2.05, 4.69) is 10.1 Å². The Morgan fingerprint density at radius 2 is 1.73 bits per heavy atom. The summed E-state index contributed by atoms with van der Waals surface area (Å²) >= 11 is 0. The second kappa shape index (κ2) is 3.43. The molecule has 1 heterocycles. The molecule has 15 heavy (non-hydrogen) atoms. The predicted octanol–water partition coefficient (Wildman–Crippen LogP) is 2.26. The first kappa shape index (κ1) is 11.9. The fraction of sp³-hybridized carbons (Fsp3) is 0.727. The van der Waals surface area contributed by atoms with Crippen molar-refractivity contribution in [1.82, 2.24) is 14.8 Å². The third-order valence-electron chi connectivity index (χ3n) is 2.01. The van der Waals surface area contributed by atoms with Crippen molar-refractivity contribution in [2.45, 2.75) is 47.0 Å². The van der Waals surface area contributed by atoms with Crippen molar-refractivity contribution in [3.63, 3.8) is 0 Å². The predicted molar refractivity (Wildman–Crippen MR) is 58.8 cm³/mol. The summed E-state index contributed by atoms with van der Waals surface area (Å²) in [4.78, 5) is 16.0. The van der Waals surface area contributed by atoms with E-state index in [-0.39, 0.29) is 11.3 Å². The minimum atomic E-state index is -0.428. The summed E-state index contributed by atoms with van der Waals surface area (Å²) in [5.41, 5.74) is -0.549. The Labute approximate surface area is 90.7 Å².